The molecule has 1 atom stereocenters. The normalized spacial score (nSPS) is 11.9. The van der Waals surface area contributed by atoms with E-state index >= 15 is 0 Å². The molecule has 0 aliphatic carbocycles. The lowest BCUT2D eigenvalue weighted by Crippen LogP contribution is -2.92. The number of anilines is 1. The van der Waals surface area contributed by atoms with Gasteiger partial charge in [0.1, 0.15) is 12.6 Å². The van der Waals surface area contributed by atoms with Crippen molar-refractivity contribution in [3.8, 4) is 0 Å². The number of nitrogens with one attached hydrogen (secondary N) is 1. The highest BCUT2D eigenvalue weighted by Crippen LogP contribution is 2.18. The molecule has 0 radical (unpaired) electrons. The largest absolute Gasteiger partial charge is 0.544 e. The average Bonchev–Trinajstić information content (AvgIpc) is 3.01. The number of carbonyl (C=O) groups excluding carboxylic acids is 2. The first-order valence-electron chi connectivity index (χ1n) is 7.40. The predicted molar refractivity (Wildman–Crippen MR) is 82.3 cm³/mol. The van der Waals surface area contributed by atoms with Gasteiger partial charge in [-0.1, -0.05) is 12.1 Å². The number of aliphatic carboxylic acids is 1. The van der Waals surface area contributed by atoms with Gasteiger partial charge in [0.15, 0.2) is 5.76 Å². The Bertz CT molecular complexity index is 680. The van der Waals surface area contributed by atoms with Crippen molar-refractivity contribution in [3.05, 3.63) is 53.5 Å². The smallest absolute Gasteiger partial charge is 0.230 e. The van der Waals surface area contributed by atoms with Crippen LogP contribution in [0.2, 0.25) is 0 Å². The lowest BCUT2D eigenvalue weighted by Gasteiger charge is -2.16. The molecule has 1 heterocycles. The Morgan fingerprint density at radius 2 is 2.04 bits per heavy atom. The highest BCUT2D eigenvalue weighted by molar-refractivity contribution is 5.94. The van der Waals surface area contributed by atoms with Gasteiger partial charge in [0, 0.05) is 5.69 Å². The number of carboxylic acid groups (broad SMARTS) is 1. The number of aryl methyl sites for hydroxylation is 1. The minimum absolute atomic E-state index is 0.170. The van der Waals surface area contributed by atoms with Gasteiger partial charge < -0.3 is 25.0 Å². The van der Waals surface area contributed by atoms with Crippen LogP contribution in [0.4, 0.5) is 5.69 Å². The van der Waals surface area contributed by atoms with E-state index in [1.807, 2.05) is 26.0 Å². The maximum atomic E-state index is 12.1. The van der Waals surface area contributed by atoms with Crippen molar-refractivity contribution in [2.24, 2.45) is 0 Å². The van der Waals surface area contributed by atoms with Gasteiger partial charge >= 0.3 is 0 Å². The minimum atomic E-state index is -1.27. The number of carbonyl (C=O) groups is 2. The molecule has 0 saturated heterocycles. The summed E-state index contributed by atoms with van der Waals surface area (Å²) in [6, 6.07) is 8.10. The van der Waals surface area contributed by atoms with Crippen LogP contribution in [-0.4, -0.2) is 17.9 Å². The zero-order chi connectivity index (χ0) is 16.8. The third kappa shape index (κ3) is 4.69. The molecule has 0 saturated carbocycles. The first kappa shape index (κ1) is 16.8. The molecule has 1 amide bonds. The Kier molecular flexibility index (Phi) is 5.54. The number of rotatable bonds is 7. The quantitative estimate of drug-likeness (QED) is 0.757. The van der Waals surface area contributed by atoms with Gasteiger partial charge in [-0.2, -0.15) is 0 Å². The Balaban J connectivity index is 1.95. The fraction of sp³-hybridized carbons (Fsp3) is 0.294. The van der Waals surface area contributed by atoms with Crippen LogP contribution >= 0.6 is 0 Å². The lowest BCUT2D eigenvalue weighted by atomic mass is 10.1. The zero-order valence-electron chi connectivity index (χ0n) is 13.2. The van der Waals surface area contributed by atoms with Crippen molar-refractivity contribution in [1.82, 2.24) is 0 Å². The van der Waals surface area contributed by atoms with E-state index in [4.69, 9.17) is 4.42 Å². The summed E-state index contributed by atoms with van der Waals surface area (Å²) in [7, 11) is 0. The summed E-state index contributed by atoms with van der Waals surface area (Å²) >= 11 is 0. The predicted octanol–water partition coefficient (Wildman–Crippen LogP) is 0.107. The van der Waals surface area contributed by atoms with Crippen LogP contribution in [0, 0.1) is 13.8 Å². The Morgan fingerprint density at radius 3 is 2.70 bits per heavy atom. The highest BCUT2D eigenvalue weighted by Gasteiger charge is 2.19. The SMILES string of the molecule is Cc1cccc(NC(=O)CC([NH2+]Cc2ccco2)C(=O)[O-])c1C. The maximum Gasteiger partial charge on any atom is 0.230 e. The molecule has 122 valence electrons. The van der Waals surface area contributed by atoms with Gasteiger partial charge in [0.25, 0.3) is 0 Å². The van der Waals surface area contributed by atoms with Crippen LogP contribution < -0.4 is 15.7 Å². The Labute approximate surface area is 134 Å². The van der Waals surface area contributed by atoms with Gasteiger partial charge in [-0.3, -0.25) is 4.79 Å². The molecule has 2 aromatic rings. The summed E-state index contributed by atoms with van der Waals surface area (Å²) in [6.07, 6.45) is 1.35. The van der Waals surface area contributed by atoms with E-state index in [0.29, 0.717) is 18.0 Å². The van der Waals surface area contributed by atoms with E-state index in [9.17, 15) is 14.7 Å². The molecule has 6 nitrogen and oxygen atoms in total. The second-order valence-electron chi connectivity index (χ2n) is 5.44. The molecule has 1 aromatic heterocycles. The molecule has 0 spiro atoms. The second kappa shape index (κ2) is 7.60. The van der Waals surface area contributed by atoms with Crippen molar-refractivity contribution in [3.63, 3.8) is 0 Å². The van der Waals surface area contributed by atoms with E-state index in [-0.39, 0.29) is 12.3 Å². The van der Waals surface area contributed by atoms with Crippen molar-refractivity contribution < 1.29 is 24.4 Å². The highest BCUT2D eigenvalue weighted by atomic mass is 16.4. The molecule has 23 heavy (non-hydrogen) atoms. The standard InChI is InChI=1S/C17H20N2O4/c1-11-5-3-7-14(12(11)2)19-16(20)9-15(17(21)22)18-10-13-6-4-8-23-13/h3-8,15,18H,9-10H2,1-2H3,(H,19,20)(H,21,22). The van der Waals surface area contributed by atoms with E-state index in [0.717, 1.165) is 11.1 Å². The maximum absolute atomic E-state index is 12.1. The molecule has 3 N–H and O–H groups in total. The number of carboxylic acids is 1. The van der Waals surface area contributed by atoms with Crippen molar-refractivity contribution in [2.45, 2.75) is 32.9 Å². The Hall–Kier alpha value is -2.60. The van der Waals surface area contributed by atoms with Crippen LogP contribution in [-0.2, 0) is 16.1 Å². The molecule has 2 rings (SSSR count). The summed E-state index contributed by atoms with van der Waals surface area (Å²) in [5.41, 5.74) is 2.71. The lowest BCUT2D eigenvalue weighted by molar-refractivity contribution is -0.698. The molecular weight excluding hydrogens is 296 g/mol. The molecule has 0 aliphatic heterocycles. The number of hydrogen-bond donors (Lipinski definition) is 2. The molecule has 0 aliphatic rings. The van der Waals surface area contributed by atoms with Crippen LogP contribution in [0.3, 0.4) is 0 Å². The first-order chi connectivity index (χ1) is 11.0. The third-order valence-electron chi connectivity index (χ3n) is 3.77. The zero-order valence-corrected chi connectivity index (χ0v) is 13.2. The average molecular weight is 316 g/mol. The number of benzene rings is 1. The van der Waals surface area contributed by atoms with Crippen LogP contribution in [0.25, 0.3) is 0 Å². The summed E-state index contributed by atoms with van der Waals surface area (Å²) in [5.74, 6) is -0.984. The van der Waals surface area contributed by atoms with E-state index in [1.165, 1.54) is 11.6 Å². The van der Waals surface area contributed by atoms with Crippen molar-refractivity contribution >= 4 is 17.6 Å². The van der Waals surface area contributed by atoms with Crippen LogP contribution in [0.15, 0.2) is 41.0 Å². The minimum Gasteiger partial charge on any atom is -0.544 e. The number of furan rings is 1. The first-order valence-corrected chi connectivity index (χ1v) is 7.40. The molecular formula is C17H20N2O4. The molecule has 1 unspecified atom stereocenters. The number of amides is 1. The van der Waals surface area contributed by atoms with Gasteiger partial charge in [-0.15, -0.1) is 0 Å². The number of hydrogen-bond acceptors (Lipinski definition) is 4. The van der Waals surface area contributed by atoms with Gasteiger partial charge in [0.2, 0.25) is 5.91 Å². The van der Waals surface area contributed by atoms with Crippen LogP contribution in [0.5, 0.6) is 0 Å². The summed E-state index contributed by atoms with van der Waals surface area (Å²) < 4.78 is 5.15. The second-order valence-corrected chi connectivity index (χ2v) is 5.44. The Morgan fingerprint density at radius 1 is 1.26 bits per heavy atom. The fourth-order valence-electron chi connectivity index (χ4n) is 2.24. The van der Waals surface area contributed by atoms with E-state index < -0.39 is 12.0 Å². The number of quaternary nitrogens is 1. The van der Waals surface area contributed by atoms with Gasteiger partial charge in [0.05, 0.1) is 18.7 Å². The van der Waals surface area contributed by atoms with Gasteiger partial charge in [-0.25, -0.2) is 0 Å². The van der Waals surface area contributed by atoms with E-state index in [2.05, 4.69) is 5.32 Å². The molecule has 1 aromatic carbocycles. The molecule has 0 fully saturated rings. The summed E-state index contributed by atoms with van der Waals surface area (Å²) in [6.45, 7) is 4.19. The van der Waals surface area contributed by atoms with Crippen molar-refractivity contribution in [1.29, 1.82) is 0 Å². The molecule has 6 heteroatoms. The summed E-state index contributed by atoms with van der Waals surface area (Å²) in [5, 5.41) is 15.5. The summed E-state index contributed by atoms with van der Waals surface area (Å²) in [4.78, 5) is 23.3. The van der Waals surface area contributed by atoms with Crippen LogP contribution in [0.1, 0.15) is 23.3 Å². The number of nitrogens with two attached hydrogens (primary N) is 1. The topological polar surface area (TPSA) is 99.0 Å². The monoisotopic (exact) mass is 316 g/mol. The third-order valence-corrected chi connectivity index (χ3v) is 3.77. The van der Waals surface area contributed by atoms with Crippen molar-refractivity contribution in [2.75, 3.05) is 5.32 Å². The van der Waals surface area contributed by atoms with E-state index in [1.54, 1.807) is 18.2 Å². The fourth-order valence-corrected chi connectivity index (χ4v) is 2.24. The molecule has 0 bridgehead atoms. The van der Waals surface area contributed by atoms with Gasteiger partial charge in [-0.05, 0) is 43.2 Å².